The van der Waals surface area contributed by atoms with Gasteiger partial charge in [-0.3, -0.25) is 9.78 Å². The highest BCUT2D eigenvalue weighted by atomic mass is 35.5. The molecule has 0 aromatic carbocycles. The number of rotatable bonds is 5. The van der Waals surface area contributed by atoms with E-state index < -0.39 is 0 Å². The minimum Gasteiger partial charge on any atom is -0.349 e. The summed E-state index contributed by atoms with van der Waals surface area (Å²) in [5.74, 6) is -0.188. The van der Waals surface area contributed by atoms with Gasteiger partial charge in [0.05, 0.1) is 0 Å². The van der Waals surface area contributed by atoms with Crippen LogP contribution in [0, 0.1) is 0 Å². The van der Waals surface area contributed by atoms with Gasteiger partial charge in [-0.1, -0.05) is 18.5 Å². The van der Waals surface area contributed by atoms with E-state index >= 15 is 0 Å². The monoisotopic (exact) mass is 241 g/mol. The van der Waals surface area contributed by atoms with Crippen molar-refractivity contribution in [3.63, 3.8) is 0 Å². The highest BCUT2D eigenvalue weighted by Gasteiger charge is 2.06. The molecule has 1 aromatic heterocycles. The Bertz CT molecular complexity index is 357. The molecule has 88 valence electrons. The maximum atomic E-state index is 11.6. The molecule has 0 aliphatic rings. The summed E-state index contributed by atoms with van der Waals surface area (Å²) in [6, 6.07) is 3.20. The van der Waals surface area contributed by atoms with Crippen LogP contribution < -0.4 is 5.32 Å². The fraction of sp³-hybridized carbons (Fsp3) is 0.455. The van der Waals surface area contributed by atoms with Crippen molar-refractivity contribution in [1.82, 2.24) is 15.2 Å². The Labute approximate surface area is 101 Å². The summed E-state index contributed by atoms with van der Waals surface area (Å²) in [5, 5.41) is 3.31. The van der Waals surface area contributed by atoms with E-state index in [-0.39, 0.29) is 5.91 Å². The number of pyridine rings is 1. The van der Waals surface area contributed by atoms with Crippen molar-refractivity contribution in [2.24, 2.45) is 0 Å². The Hall–Kier alpha value is -1.13. The molecule has 0 aliphatic carbocycles. The van der Waals surface area contributed by atoms with Crippen molar-refractivity contribution in [3.8, 4) is 0 Å². The molecule has 16 heavy (non-hydrogen) atoms. The molecule has 4 nitrogen and oxygen atoms in total. The van der Waals surface area contributed by atoms with Gasteiger partial charge in [-0.2, -0.15) is 0 Å². The molecule has 1 aromatic rings. The van der Waals surface area contributed by atoms with Crippen LogP contribution in [0.25, 0.3) is 0 Å². The van der Waals surface area contributed by atoms with Crippen molar-refractivity contribution in [2.45, 2.75) is 6.92 Å². The van der Waals surface area contributed by atoms with Gasteiger partial charge in [0.1, 0.15) is 5.69 Å². The summed E-state index contributed by atoms with van der Waals surface area (Å²) in [6.07, 6.45) is 1.52. The molecule has 0 aliphatic heterocycles. The molecule has 0 fully saturated rings. The minimum atomic E-state index is -0.188. The Balaban J connectivity index is 2.41. The van der Waals surface area contributed by atoms with Crippen LogP contribution in [-0.4, -0.2) is 42.5 Å². The second kappa shape index (κ2) is 6.45. The number of aromatic nitrogens is 1. The number of nitrogens with zero attached hydrogens (tertiary/aromatic N) is 2. The summed E-state index contributed by atoms with van der Waals surface area (Å²) in [4.78, 5) is 17.7. The average Bonchev–Trinajstić information content (AvgIpc) is 2.28. The van der Waals surface area contributed by atoms with E-state index in [1.807, 2.05) is 7.05 Å². The van der Waals surface area contributed by atoms with Gasteiger partial charge in [-0.25, -0.2) is 0 Å². The normalized spacial score (nSPS) is 10.5. The summed E-state index contributed by atoms with van der Waals surface area (Å²) < 4.78 is 0. The molecule has 0 spiro atoms. The molecule has 0 atom stereocenters. The Kier molecular flexibility index (Phi) is 5.22. The van der Waals surface area contributed by atoms with Crippen LogP contribution in [0.4, 0.5) is 0 Å². The second-order valence-corrected chi connectivity index (χ2v) is 3.95. The second-order valence-electron chi connectivity index (χ2n) is 3.51. The third-order valence-corrected chi connectivity index (χ3v) is 2.51. The first-order valence-corrected chi connectivity index (χ1v) is 5.59. The number of carbonyl (C=O) groups is 1. The van der Waals surface area contributed by atoms with Crippen LogP contribution in [0.5, 0.6) is 0 Å². The predicted octanol–water partition coefficient (Wildman–Crippen LogP) is 1.42. The first-order valence-electron chi connectivity index (χ1n) is 5.21. The highest BCUT2D eigenvalue weighted by Crippen LogP contribution is 2.07. The number of amides is 1. The molecule has 1 N–H and O–H groups in total. The van der Waals surface area contributed by atoms with Crippen LogP contribution >= 0.6 is 11.6 Å². The van der Waals surface area contributed by atoms with Gasteiger partial charge in [0.2, 0.25) is 0 Å². The third kappa shape index (κ3) is 4.16. The molecular weight excluding hydrogens is 226 g/mol. The van der Waals surface area contributed by atoms with Crippen LogP contribution in [-0.2, 0) is 0 Å². The van der Waals surface area contributed by atoms with Gasteiger partial charge >= 0.3 is 0 Å². The first kappa shape index (κ1) is 12.9. The van der Waals surface area contributed by atoms with E-state index in [4.69, 9.17) is 11.6 Å². The molecular formula is C11H16ClN3O. The smallest absolute Gasteiger partial charge is 0.269 e. The number of carbonyl (C=O) groups excluding carboxylic acids is 1. The summed E-state index contributed by atoms with van der Waals surface area (Å²) >= 11 is 5.77. The number of hydrogen-bond acceptors (Lipinski definition) is 3. The van der Waals surface area contributed by atoms with E-state index in [2.05, 4.69) is 22.1 Å². The van der Waals surface area contributed by atoms with Gasteiger partial charge in [-0.15, -0.1) is 0 Å². The van der Waals surface area contributed by atoms with Crippen LogP contribution in [0.2, 0.25) is 5.02 Å². The van der Waals surface area contributed by atoms with Crippen molar-refractivity contribution >= 4 is 17.5 Å². The zero-order valence-electron chi connectivity index (χ0n) is 9.53. The average molecular weight is 242 g/mol. The minimum absolute atomic E-state index is 0.188. The third-order valence-electron chi connectivity index (χ3n) is 2.27. The van der Waals surface area contributed by atoms with Gasteiger partial charge in [0.15, 0.2) is 0 Å². The topological polar surface area (TPSA) is 45.2 Å². The molecule has 0 saturated carbocycles. The quantitative estimate of drug-likeness (QED) is 0.848. The lowest BCUT2D eigenvalue weighted by atomic mass is 10.3. The standard InChI is InChI=1S/C11H16ClN3O/c1-3-15(2)7-6-14-11(16)10-8-9(12)4-5-13-10/h4-5,8H,3,6-7H2,1-2H3,(H,14,16). The molecule has 5 heteroatoms. The Morgan fingerprint density at radius 2 is 2.38 bits per heavy atom. The lowest BCUT2D eigenvalue weighted by molar-refractivity contribution is 0.0945. The lowest BCUT2D eigenvalue weighted by Gasteiger charge is -2.13. The lowest BCUT2D eigenvalue weighted by Crippen LogP contribution is -2.33. The largest absolute Gasteiger partial charge is 0.349 e. The van der Waals surface area contributed by atoms with Crippen molar-refractivity contribution in [3.05, 3.63) is 29.0 Å². The van der Waals surface area contributed by atoms with Gasteiger partial charge in [0.25, 0.3) is 5.91 Å². The van der Waals surface area contributed by atoms with Crippen molar-refractivity contribution < 1.29 is 4.79 Å². The predicted molar refractivity (Wildman–Crippen MR) is 64.8 cm³/mol. The maximum Gasteiger partial charge on any atom is 0.269 e. The molecule has 1 rings (SSSR count). The van der Waals surface area contributed by atoms with E-state index in [1.165, 1.54) is 6.20 Å². The molecule has 0 bridgehead atoms. The van der Waals surface area contributed by atoms with Crippen molar-refractivity contribution in [1.29, 1.82) is 0 Å². The number of nitrogens with one attached hydrogen (secondary N) is 1. The summed E-state index contributed by atoms with van der Waals surface area (Å²) in [5.41, 5.74) is 0.353. The van der Waals surface area contributed by atoms with Crippen molar-refractivity contribution in [2.75, 3.05) is 26.7 Å². The van der Waals surface area contributed by atoms with E-state index in [0.717, 1.165) is 13.1 Å². The Morgan fingerprint density at radius 3 is 3.00 bits per heavy atom. The van der Waals surface area contributed by atoms with E-state index in [0.29, 0.717) is 17.3 Å². The van der Waals surface area contributed by atoms with E-state index in [9.17, 15) is 4.79 Å². The first-order chi connectivity index (χ1) is 7.63. The number of halogens is 1. The fourth-order valence-electron chi connectivity index (χ4n) is 1.14. The van der Waals surface area contributed by atoms with Crippen LogP contribution in [0.3, 0.4) is 0 Å². The molecule has 1 amide bonds. The Morgan fingerprint density at radius 1 is 1.62 bits per heavy atom. The summed E-state index contributed by atoms with van der Waals surface area (Å²) in [6.45, 7) is 4.46. The zero-order valence-corrected chi connectivity index (χ0v) is 10.3. The van der Waals surface area contributed by atoms with Gasteiger partial charge in [-0.05, 0) is 25.7 Å². The molecule has 0 unspecified atom stereocenters. The van der Waals surface area contributed by atoms with Gasteiger partial charge in [0, 0.05) is 24.3 Å². The zero-order chi connectivity index (χ0) is 12.0. The molecule has 0 saturated heterocycles. The molecule has 0 radical (unpaired) electrons. The maximum absolute atomic E-state index is 11.6. The number of hydrogen-bond donors (Lipinski definition) is 1. The van der Waals surface area contributed by atoms with Crippen LogP contribution in [0.1, 0.15) is 17.4 Å². The fourth-order valence-corrected chi connectivity index (χ4v) is 1.30. The van der Waals surface area contributed by atoms with Gasteiger partial charge < -0.3 is 10.2 Å². The van der Waals surface area contributed by atoms with E-state index in [1.54, 1.807) is 12.1 Å². The SMILES string of the molecule is CCN(C)CCNC(=O)c1cc(Cl)ccn1. The van der Waals surface area contributed by atoms with Crippen LogP contribution in [0.15, 0.2) is 18.3 Å². The highest BCUT2D eigenvalue weighted by molar-refractivity contribution is 6.30. The number of likely N-dealkylation sites (N-methyl/N-ethyl adjacent to an activating group) is 1. The molecule has 1 heterocycles. The summed E-state index contributed by atoms with van der Waals surface area (Å²) in [7, 11) is 2.00.